The Morgan fingerprint density at radius 2 is 1.96 bits per heavy atom. The third kappa shape index (κ3) is 4.25. The van der Waals surface area contributed by atoms with Gasteiger partial charge in [-0.05, 0) is 42.7 Å². The highest BCUT2D eigenvalue weighted by Gasteiger charge is 2.18. The molecule has 0 aliphatic heterocycles. The van der Waals surface area contributed by atoms with Gasteiger partial charge in [-0.25, -0.2) is 4.79 Å². The molecule has 1 aromatic heterocycles. The van der Waals surface area contributed by atoms with Gasteiger partial charge in [0.1, 0.15) is 17.1 Å². The lowest BCUT2D eigenvalue weighted by atomic mass is 10.0. The van der Waals surface area contributed by atoms with E-state index in [4.69, 9.17) is 4.42 Å². The van der Waals surface area contributed by atoms with Crippen LogP contribution in [-0.4, -0.2) is 11.0 Å². The molecule has 0 spiro atoms. The van der Waals surface area contributed by atoms with Gasteiger partial charge < -0.3 is 14.8 Å². The van der Waals surface area contributed by atoms with Crippen molar-refractivity contribution in [2.24, 2.45) is 0 Å². The van der Waals surface area contributed by atoms with Gasteiger partial charge in [-0.15, -0.1) is 0 Å². The lowest BCUT2D eigenvalue weighted by molar-refractivity contribution is 0.0945. The Bertz CT molecular complexity index is 762. The Balaban J connectivity index is 2.14. The van der Waals surface area contributed by atoms with Crippen LogP contribution in [0.15, 0.2) is 39.5 Å². The summed E-state index contributed by atoms with van der Waals surface area (Å²) in [6.45, 7) is 6.10. The summed E-state index contributed by atoms with van der Waals surface area (Å²) in [5.41, 5.74) is 0.890. The summed E-state index contributed by atoms with van der Waals surface area (Å²) in [7, 11) is 0. The Kier molecular flexibility index (Phi) is 5.79. The minimum atomic E-state index is -0.601. The molecule has 0 aliphatic rings. The molecule has 0 saturated heterocycles. The first-order chi connectivity index (χ1) is 11.4. The fraction of sp³-hybridized carbons (Fsp3) is 0.368. The number of amides is 1. The van der Waals surface area contributed by atoms with Gasteiger partial charge in [0.15, 0.2) is 0 Å². The van der Waals surface area contributed by atoms with E-state index in [1.54, 1.807) is 37.3 Å². The molecule has 128 valence electrons. The third-order valence-electron chi connectivity index (χ3n) is 3.99. The number of phenols is 1. The minimum absolute atomic E-state index is 0.0428. The van der Waals surface area contributed by atoms with Crippen molar-refractivity contribution in [3.63, 3.8) is 0 Å². The second-order valence-corrected chi connectivity index (χ2v) is 6.03. The number of aryl methyl sites for hydroxylation is 1. The largest absolute Gasteiger partial charge is 0.508 e. The average molecular weight is 329 g/mol. The standard InChI is InChI=1S/C19H23NO4/c1-4-5-12(2)16-10-13(3)17(19(23)24-16)18(22)20-11-14-6-8-15(21)9-7-14/h6-10,12,21H,4-5,11H2,1-3H3,(H,20,22). The number of nitrogens with one attached hydrogen (secondary N) is 1. The number of carbonyl (C=O) groups is 1. The van der Waals surface area contributed by atoms with Gasteiger partial charge >= 0.3 is 5.63 Å². The lowest BCUT2D eigenvalue weighted by Crippen LogP contribution is -2.29. The number of benzene rings is 1. The van der Waals surface area contributed by atoms with Gasteiger partial charge in [0.05, 0.1) is 0 Å². The van der Waals surface area contributed by atoms with Crippen LogP contribution in [0.1, 0.15) is 59.9 Å². The number of rotatable bonds is 6. The summed E-state index contributed by atoms with van der Waals surface area (Å²) in [5.74, 6) is 0.479. The first kappa shape index (κ1) is 17.8. The molecule has 1 amide bonds. The fourth-order valence-corrected chi connectivity index (χ4v) is 2.61. The number of phenolic OH excluding ortho intramolecular Hbond substituents is 1. The van der Waals surface area contributed by atoms with Crippen LogP contribution in [0.2, 0.25) is 0 Å². The van der Waals surface area contributed by atoms with Crippen LogP contribution >= 0.6 is 0 Å². The number of carbonyl (C=O) groups excluding carboxylic acids is 1. The molecule has 5 heteroatoms. The molecule has 1 atom stereocenters. The van der Waals surface area contributed by atoms with Gasteiger partial charge in [-0.1, -0.05) is 32.4 Å². The summed E-state index contributed by atoms with van der Waals surface area (Å²) >= 11 is 0. The molecule has 0 aliphatic carbocycles. The van der Waals surface area contributed by atoms with Crippen molar-refractivity contribution in [2.45, 2.75) is 46.1 Å². The highest BCUT2D eigenvalue weighted by molar-refractivity contribution is 5.95. The van der Waals surface area contributed by atoms with Crippen LogP contribution in [-0.2, 0) is 6.54 Å². The van der Waals surface area contributed by atoms with Crippen LogP contribution in [0.5, 0.6) is 5.75 Å². The fourth-order valence-electron chi connectivity index (χ4n) is 2.61. The number of hydrogen-bond donors (Lipinski definition) is 2. The zero-order chi connectivity index (χ0) is 17.7. The zero-order valence-corrected chi connectivity index (χ0v) is 14.3. The molecule has 0 radical (unpaired) electrons. The predicted molar refractivity (Wildman–Crippen MR) is 92.3 cm³/mol. The summed E-state index contributed by atoms with van der Waals surface area (Å²) in [5, 5.41) is 12.0. The Hall–Kier alpha value is -2.56. The number of hydrogen-bond acceptors (Lipinski definition) is 4. The molecule has 1 aromatic carbocycles. The average Bonchev–Trinajstić information content (AvgIpc) is 2.54. The topological polar surface area (TPSA) is 79.5 Å². The van der Waals surface area contributed by atoms with E-state index in [2.05, 4.69) is 12.2 Å². The van der Waals surface area contributed by atoms with E-state index >= 15 is 0 Å². The van der Waals surface area contributed by atoms with E-state index < -0.39 is 11.5 Å². The molecule has 1 unspecified atom stereocenters. The van der Waals surface area contributed by atoms with Gasteiger partial charge in [0.25, 0.3) is 5.91 Å². The van der Waals surface area contributed by atoms with Crippen molar-refractivity contribution in [3.8, 4) is 5.75 Å². The molecule has 0 fully saturated rings. The van der Waals surface area contributed by atoms with Crippen LogP contribution in [0.3, 0.4) is 0 Å². The molecular formula is C19H23NO4. The van der Waals surface area contributed by atoms with E-state index in [-0.39, 0.29) is 23.8 Å². The first-order valence-corrected chi connectivity index (χ1v) is 8.13. The summed E-state index contributed by atoms with van der Waals surface area (Å²) < 4.78 is 5.34. The monoisotopic (exact) mass is 329 g/mol. The van der Waals surface area contributed by atoms with Crippen LogP contribution in [0, 0.1) is 6.92 Å². The molecule has 5 nitrogen and oxygen atoms in total. The third-order valence-corrected chi connectivity index (χ3v) is 3.99. The van der Waals surface area contributed by atoms with Gasteiger partial charge in [-0.2, -0.15) is 0 Å². The van der Waals surface area contributed by atoms with Crippen LogP contribution in [0.4, 0.5) is 0 Å². The number of aromatic hydroxyl groups is 1. The van der Waals surface area contributed by atoms with Crippen LogP contribution < -0.4 is 10.9 Å². The smallest absolute Gasteiger partial charge is 0.349 e. The predicted octanol–water partition coefficient (Wildman–Crippen LogP) is 3.49. The van der Waals surface area contributed by atoms with Crippen molar-refractivity contribution in [1.29, 1.82) is 0 Å². The maximum absolute atomic E-state index is 12.3. The Morgan fingerprint density at radius 1 is 1.29 bits per heavy atom. The molecule has 24 heavy (non-hydrogen) atoms. The quantitative estimate of drug-likeness (QED) is 0.850. The second kappa shape index (κ2) is 7.81. The van der Waals surface area contributed by atoms with Crippen molar-refractivity contribution in [3.05, 3.63) is 63.2 Å². The minimum Gasteiger partial charge on any atom is -0.508 e. The van der Waals surface area contributed by atoms with E-state index in [1.165, 1.54) is 0 Å². The summed E-state index contributed by atoms with van der Waals surface area (Å²) in [6.07, 6.45) is 1.92. The van der Waals surface area contributed by atoms with E-state index in [1.807, 2.05) is 6.92 Å². The van der Waals surface area contributed by atoms with Crippen molar-refractivity contribution in [2.75, 3.05) is 0 Å². The molecule has 0 saturated carbocycles. The highest BCUT2D eigenvalue weighted by Crippen LogP contribution is 2.21. The van der Waals surface area contributed by atoms with Crippen LogP contribution in [0.25, 0.3) is 0 Å². The normalized spacial score (nSPS) is 12.0. The van der Waals surface area contributed by atoms with Crippen molar-refractivity contribution >= 4 is 5.91 Å². The lowest BCUT2D eigenvalue weighted by Gasteiger charge is -2.12. The Morgan fingerprint density at radius 3 is 2.54 bits per heavy atom. The molecule has 1 heterocycles. The zero-order valence-electron chi connectivity index (χ0n) is 14.3. The highest BCUT2D eigenvalue weighted by atomic mass is 16.4. The van der Waals surface area contributed by atoms with Crippen molar-refractivity contribution in [1.82, 2.24) is 5.32 Å². The summed E-state index contributed by atoms with van der Waals surface area (Å²) in [4.78, 5) is 24.5. The molecule has 2 rings (SSSR count). The van der Waals surface area contributed by atoms with E-state index in [0.29, 0.717) is 11.3 Å². The van der Waals surface area contributed by atoms with E-state index in [9.17, 15) is 14.7 Å². The maximum Gasteiger partial charge on any atom is 0.349 e. The van der Waals surface area contributed by atoms with E-state index in [0.717, 1.165) is 18.4 Å². The first-order valence-electron chi connectivity index (χ1n) is 8.13. The SMILES string of the molecule is CCCC(C)c1cc(C)c(C(=O)NCc2ccc(O)cc2)c(=O)o1. The molecular weight excluding hydrogens is 306 g/mol. The van der Waals surface area contributed by atoms with Crippen molar-refractivity contribution < 1.29 is 14.3 Å². The molecule has 2 aromatic rings. The Labute approximate surface area is 141 Å². The molecule has 0 bridgehead atoms. The molecule has 2 N–H and O–H groups in total. The second-order valence-electron chi connectivity index (χ2n) is 6.03. The van der Waals surface area contributed by atoms with Gasteiger partial charge in [0.2, 0.25) is 0 Å². The maximum atomic E-state index is 12.3. The van der Waals surface area contributed by atoms with Gasteiger partial charge in [-0.3, -0.25) is 4.79 Å². The summed E-state index contributed by atoms with van der Waals surface area (Å²) in [6, 6.07) is 8.29. The van der Waals surface area contributed by atoms with Gasteiger partial charge in [0, 0.05) is 12.5 Å².